The predicted octanol–water partition coefficient (Wildman–Crippen LogP) is 4.79. The number of nitrogens with one attached hydrogen (secondary N) is 2. The van der Waals surface area contributed by atoms with Crippen LogP contribution in [0.5, 0.6) is 0 Å². The normalized spacial score (nSPS) is 26.4. The number of ether oxygens (including phenoxy) is 2. The number of imidazole rings is 1. The lowest BCUT2D eigenvalue weighted by Gasteiger charge is -2.24. The number of carbonyl (C=O) groups excluding carboxylic acids is 1. The van der Waals surface area contributed by atoms with Gasteiger partial charge in [-0.15, -0.1) is 0 Å². The molecule has 2 aromatic carbocycles. The molecule has 0 radical (unpaired) electrons. The molecule has 2 aliphatic carbocycles. The van der Waals surface area contributed by atoms with E-state index in [1.54, 1.807) is 10.9 Å². The van der Waals surface area contributed by atoms with Crippen molar-refractivity contribution in [2.45, 2.75) is 75.5 Å². The van der Waals surface area contributed by atoms with Gasteiger partial charge in [0.15, 0.2) is 41.2 Å². The van der Waals surface area contributed by atoms with E-state index in [0.717, 1.165) is 12.3 Å². The number of nitrogens with zero attached hydrogens (tertiary/aromatic N) is 6. The molecule has 48 heavy (non-hydrogen) atoms. The molecule has 7 atom stereocenters. The van der Waals surface area contributed by atoms with Crippen LogP contribution in [0.25, 0.3) is 11.2 Å². The Bertz CT molecular complexity index is 1830. The smallest absolute Gasteiger partial charge is 0.293 e. The molecule has 1 aliphatic heterocycles. The largest absolute Gasteiger partial charge is 0.458 e. The summed E-state index contributed by atoms with van der Waals surface area (Å²) in [6.45, 7) is 2.74. The molecule has 2 saturated carbocycles. The monoisotopic (exact) mass is 650 g/mol. The fourth-order valence-electron chi connectivity index (χ4n) is 7.70. The molecule has 5 aromatic rings. The third-order valence-electron chi connectivity index (χ3n) is 10.1. The zero-order valence-corrected chi connectivity index (χ0v) is 26.6. The fourth-order valence-corrected chi connectivity index (χ4v) is 7.70. The highest BCUT2D eigenvalue weighted by Gasteiger charge is 2.50. The van der Waals surface area contributed by atoms with E-state index < -0.39 is 24.5 Å². The number of hydrogen-bond acceptors (Lipinski definition) is 12. The molecule has 3 aromatic heterocycles. The van der Waals surface area contributed by atoms with Gasteiger partial charge < -0.3 is 29.7 Å². The maximum absolute atomic E-state index is 11.5. The SMILES string of the molecule is CCc1noc([C@H]2O[C@@H](n3cnc4c(NCC(c5ccccc5)c5ccccc5)nc(NC5CC6CCC5C6)nc43)[C@H](O)[C@@H]2OC=O)n1. The molecule has 248 valence electrons. The Hall–Kier alpha value is -4.88. The van der Waals surface area contributed by atoms with Gasteiger partial charge in [-0.2, -0.15) is 15.0 Å². The van der Waals surface area contributed by atoms with Gasteiger partial charge in [0, 0.05) is 24.9 Å². The van der Waals surface area contributed by atoms with Crippen molar-refractivity contribution in [3.05, 3.63) is 89.8 Å². The second-order valence-electron chi connectivity index (χ2n) is 12.9. The minimum Gasteiger partial charge on any atom is -0.458 e. The molecule has 2 bridgehead atoms. The minimum atomic E-state index is -1.27. The van der Waals surface area contributed by atoms with Crippen LogP contribution in [-0.2, 0) is 20.7 Å². The van der Waals surface area contributed by atoms with Crippen LogP contribution in [0.1, 0.15) is 73.7 Å². The molecule has 0 amide bonds. The molecule has 8 rings (SSSR count). The second kappa shape index (κ2) is 13.0. The zero-order chi connectivity index (χ0) is 32.6. The second-order valence-corrected chi connectivity index (χ2v) is 12.9. The number of benzene rings is 2. The van der Waals surface area contributed by atoms with Crippen molar-refractivity contribution in [3.63, 3.8) is 0 Å². The maximum Gasteiger partial charge on any atom is 0.293 e. The van der Waals surface area contributed by atoms with Crippen molar-refractivity contribution in [3.8, 4) is 0 Å². The summed E-state index contributed by atoms with van der Waals surface area (Å²) in [6, 6.07) is 21.0. The van der Waals surface area contributed by atoms with Gasteiger partial charge in [-0.05, 0) is 42.2 Å². The summed E-state index contributed by atoms with van der Waals surface area (Å²) in [6.07, 6.45) is 2.58. The van der Waals surface area contributed by atoms with Crippen LogP contribution < -0.4 is 10.6 Å². The summed E-state index contributed by atoms with van der Waals surface area (Å²) in [7, 11) is 0. The average molecular weight is 651 g/mol. The minimum absolute atomic E-state index is 0.0471. The van der Waals surface area contributed by atoms with Crippen LogP contribution in [0, 0.1) is 11.8 Å². The van der Waals surface area contributed by atoms with Gasteiger partial charge in [-0.1, -0.05) is 79.2 Å². The highest BCUT2D eigenvalue weighted by molar-refractivity contribution is 5.84. The van der Waals surface area contributed by atoms with Gasteiger partial charge >= 0.3 is 0 Å². The number of aliphatic hydroxyl groups is 1. The lowest BCUT2D eigenvalue weighted by atomic mass is 9.91. The number of aliphatic hydroxyl groups excluding tert-OH is 1. The van der Waals surface area contributed by atoms with Crippen LogP contribution in [0.2, 0.25) is 0 Å². The van der Waals surface area contributed by atoms with Crippen molar-refractivity contribution in [2.24, 2.45) is 11.8 Å². The number of rotatable bonds is 12. The fraction of sp³-hybridized carbons (Fsp3) is 0.429. The van der Waals surface area contributed by atoms with E-state index in [4.69, 9.17) is 28.9 Å². The van der Waals surface area contributed by atoms with E-state index in [9.17, 15) is 9.90 Å². The lowest BCUT2D eigenvalue weighted by molar-refractivity contribution is -0.140. The first-order chi connectivity index (χ1) is 23.6. The number of fused-ring (bicyclic) bond motifs is 3. The Morgan fingerprint density at radius 1 is 1.04 bits per heavy atom. The predicted molar refractivity (Wildman–Crippen MR) is 175 cm³/mol. The Balaban J connectivity index is 1.15. The first kappa shape index (κ1) is 30.5. The van der Waals surface area contributed by atoms with Crippen LogP contribution in [0.3, 0.4) is 0 Å². The third kappa shape index (κ3) is 5.66. The molecule has 13 nitrogen and oxygen atoms in total. The van der Waals surface area contributed by atoms with E-state index in [1.165, 1.54) is 30.4 Å². The van der Waals surface area contributed by atoms with E-state index in [1.807, 2.05) is 43.3 Å². The lowest BCUT2D eigenvalue weighted by Crippen LogP contribution is -2.31. The summed E-state index contributed by atoms with van der Waals surface area (Å²) < 4.78 is 18.7. The van der Waals surface area contributed by atoms with Crippen LogP contribution in [0.4, 0.5) is 11.8 Å². The molecule has 3 fully saturated rings. The number of aryl methyl sites for hydroxylation is 1. The molecule has 3 N–H and O–H groups in total. The van der Waals surface area contributed by atoms with Crippen LogP contribution in [0.15, 0.2) is 71.5 Å². The summed E-state index contributed by atoms with van der Waals surface area (Å²) in [5, 5.41) is 22.6. The van der Waals surface area contributed by atoms with Crippen LogP contribution >= 0.6 is 0 Å². The maximum atomic E-state index is 11.5. The molecular weight excluding hydrogens is 612 g/mol. The van der Waals surface area contributed by atoms with Gasteiger partial charge in [-0.3, -0.25) is 9.36 Å². The first-order valence-electron chi connectivity index (χ1n) is 16.7. The highest BCUT2D eigenvalue weighted by Crippen LogP contribution is 2.46. The standard InChI is InChI=1S/C35H38N8O5/c1-2-26-39-33(48-42-26)30-29(46-19-44)28(45)34(47-30)43-18-37-27-31(40-35(41-32(27)43)38-25-16-20-13-14-23(25)15-20)36-17-24(21-9-5-3-6-10-21)22-11-7-4-8-12-22/h3-12,18-20,23-25,28-30,34,45H,2,13-17H2,1H3,(H2,36,38,40,41)/t20?,23?,25?,28-,29+,30+,34-/m1/s1. The number of hydrogen-bond donors (Lipinski definition) is 3. The number of aromatic nitrogens is 6. The van der Waals surface area contributed by atoms with E-state index in [0.29, 0.717) is 53.7 Å². The zero-order valence-electron chi connectivity index (χ0n) is 26.6. The molecule has 0 spiro atoms. The van der Waals surface area contributed by atoms with Gasteiger partial charge in [0.1, 0.15) is 6.10 Å². The Morgan fingerprint density at radius 2 is 1.81 bits per heavy atom. The Kier molecular flexibility index (Phi) is 8.22. The van der Waals surface area contributed by atoms with E-state index in [-0.39, 0.29) is 18.3 Å². The van der Waals surface area contributed by atoms with E-state index in [2.05, 4.69) is 45.0 Å². The van der Waals surface area contributed by atoms with Crippen molar-refractivity contribution in [2.75, 3.05) is 17.2 Å². The van der Waals surface area contributed by atoms with Crippen molar-refractivity contribution >= 4 is 29.4 Å². The topological polar surface area (TPSA) is 162 Å². The first-order valence-corrected chi connectivity index (χ1v) is 16.7. The van der Waals surface area contributed by atoms with E-state index >= 15 is 0 Å². The van der Waals surface area contributed by atoms with Crippen molar-refractivity contribution in [1.29, 1.82) is 0 Å². The van der Waals surface area contributed by atoms with Crippen LogP contribution in [-0.4, -0.2) is 66.0 Å². The van der Waals surface area contributed by atoms with Gasteiger partial charge in [0.05, 0.1) is 6.33 Å². The molecule has 4 heterocycles. The Morgan fingerprint density at radius 3 is 2.46 bits per heavy atom. The number of anilines is 2. The average Bonchev–Trinajstić information content (AvgIpc) is 3.96. The van der Waals surface area contributed by atoms with Gasteiger partial charge in [0.2, 0.25) is 5.95 Å². The molecule has 13 heteroatoms. The highest BCUT2D eigenvalue weighted by atomic mass is 16.6. The van der Waals surface area contributed by atoms with Crippen molar-refractivity contribution in [1.82, 2.24) is 29.7 Å². The summed E-state index contributed by atoms with van der Waals surface area (Å²) in [5.41, 5.74) is 3.33. The quantitative estimate of drug-likeness (QED) is 0.159. The third-order valence-corrected chi connectivity index (χ3v) is 10.1. The summed E-state index contributed by atoms with van der Waals surface area (Å²) >= 11 is 0. The summed E-state index contributed by atoms with van der Waals surface area (Å²) in [4.78, 5) is 30.5. The summed E-state index contributed by atoms with van der Waals surface area (Å²) in [5.74, 6) is 3.03. The molecule has 3 unspecified atom stereocenters. The number of carbonyl (C=O) groups is 1. The Labute approximate surface area is 277 Å². The molecule has 1 saturated heterocycles. The van der Waals surface area contributed by atoms with Crippen molar-refractivity contribution < 1.29 is 23.9 Å². The van der Waals surface area contributed by atoms with Gasteiger partial charge in [-0.25, -0.2) is 4.98 Å². The van der Waals surface area contributed by atoms with Gasteiger partial charge in [0.25, 0.3) is 12.4 Å². The molecule has 3 aliphatic rings. The molecular formula is C35H38N8O5.